The van der Waals surface area contributed by atoms with Gasteiger partial charge < -0.3 is 9.47 Å². The van der Waals surface area contributed by atoms with Crippen molar-refractivity contribution in [1.29, 1.82) is 0 Å². The molecule has 0 spiro atoms. The lowest BCUT2D eigenvalue weighted by molar-refractivity contribution is 0.228. The van der Waals surface area contributed by atoms with E-state index >= 15 is 0 Å². The van der Waals surface area contributed by atoms with E-state index in [2.05, 4.69) is 22.1 Å². The maximum absolute atomic E-state index is 5.91. The molecule has 24 heavy (non-hydrogen) atoms. The van der Waals surface area contributed by atoms with Crippen molar-refractivity contribution in [3.63, 3.8) is 0 Å². The fraction of sp³-hybridized carbons (Fsp3) is 0.333. The first-order valence-corrected chi connectivity index (χ1v) is 8.61. The van der Waals surface area contributed by atoms with Gasteiger partial charge >= 0.3 is 0 Å². The zero-order valence-electron chi connectivity index (χ0n) is 14.5. The van der Waals surface area contributed by atoms with E-state index in [1.54, 1.807) is 13.3 Å². The Morgan fingerprint density at radius 2 is 2.21 bits per heavy atom. The molecule has 0 saturated carbocycles. The average molecular weight is 345 g/mol. The number of ether oxygens (including phenoxy) is 2. The Bertz CT molecular complexity index is 723. The molecule has 0 aliphatic heterocycles. The standard InChI is InChI=1S/C18H23N3O2S/c1-6-7-15-8-14(9-16(22-5)17(15)23-12(2)3)10-19-21-18-20-13(4)11-24-18/h6,8-12H,1,7H2,2-5H3,(H,20,21). The van der Waals surface area contributed by atoms with Crippen molar-refractivity contribution < 1.29 is 9.47 Å². The summed E-state index contributed by atoms with van der Waals surface area (Å²) >= 11 is 1.52. The van der Waals surface area contributed by atoms with Crippen molar-refractivity contribution in [1.82, 2.24) is 4.98 Å². The quantitative estimate of drug-likeness (QED) is 0.437. The van der Waals surface area contributed by atoms with Crippen LogP contribution in [0.25, 0.3) is 0 Å². The summed E-state index contributed by atoms with van der Waals surface area (Å²) in [6, 6.07) is 3.93. The Morgan fingerprint density at radius 1 is 1.42 bits per heavy atom. The zero-order chi connectivity index (χ0) is 17.5. The smallest absolute Gasteiger partial charge is 0.203 e. The van der Waals surface area contributed by atoms with Crippen LogP contribution in [0.3, 0.4) is 0 Å². The molecule has 0 aliphatic rings. The second-order valence-corrected chi connectivity index (χ2v) is 6.39. The molecule has 0 saturated heterocycles. The number of nitrogens with one attached hydrogen (secondary N) is 1. The largest absolute Gasteiger partial charge is 0.493 e. The summed E-state index contributed by atoms with van der Waals surface area (Å²) < 4.78 is 11.4. The molecule has 2 rings (SSSR count). The van der Waals surface area contributed by atoms with Gasteiger partial charge in [-0.1, -0.05) is 6.08 Å². The van der Waals surface area contributed by atoms with Gasteiger partial charge in [0.2, 0.25) is 5.13 Å². The van der Waals surface area contributed by atoms with Crippen LogP contribution in [0.5, 0.6) is 11.5 Å². The lowest BCUT2D eigenvalue weighted by Crippen LogP contribution is -2.09. The Balaban J connectivity index is 2.25. The van der Waals surface area contributed by atoms with E-state index in [9.17, 15) is 0 Å². The molecule has 0 bridgehead atoms. The van der Waals surface area contributed by atoms with Gasteiger partial charge in [-0.15, -0.1) is 17.9 Å². The number of anilines is 1. The number of nitrogens with zero attached hydrogens (tertiary/aromatic N) is 2. The molecule has 0 atom stereocenters. The zero-order valence-corrected chi connectivity index (χ0v) is 15.3. The third-order valence-corrected chi connectivity index (χ3v) is 3.95. The molecule has 5 nitrogen and oxygen atoms in total. The number of benzene rings is 1. The Morgan fingerprint density at radius 3 is 2.79 bits per heavy atom. The van der Waals surface area contributed by atoms with Crippen LogP contribution in [0.1, 0.15) is 30.7 Å². The fourth-order valence-electron chi connectivity index (χ4n) is 2.15. The third-order valence-electron chi connectivity index (χ3n) is 3.08. The average Bonchev–Trinajstić information content (AvgIpc) is 2.94. The Hall–Kier alpha value is -2.34. The van der Waals surface area contributed by atoms with Gasteiger partial charge in [0.25, 0.3) is 0 Å². The number of hydrogen-bond acceptors (Lipinski definition) is 6. The summed E-state index contributed by atoms with van der Waals surface area (Å²) in [4.78, 5) is 4.31. The van der Waals surface area contributed by atoms with Crippen LogP contribution in [0.4, 0.5) is 5.13 Å². The number of allylic oxidation sites excluding steroid dienone is 1. The van der Waals surface area contributed by atoms with Crippen LogP contribution in [-0.2, 0) is 6.42 Å². The molecule has 1 heterocycles. The van der Waals surface area contributed by atoms with E-state index < -0.39 is 0 Å². The number of aromatic nitrogens is 1. The van der Waals surface area contributed by atoms with E-state index in [-0.39, 0.29) is 6.10 Å². The first-order chi connectivity index (χ1) is 11.5. The highest BCUT2D eigenvalue weighted by Crippen LogP contribution is 2.34. The number of aryl methyl sites for hydroxylation is 1. The van der Waals surface area contributed by atoms with Crippen LogP contribution in [0, 0.1) is 6.92 Å². The summed E-state index contributed by atoms with van der Waals surface area (Å²) in [7, 11) is 1.64. The second-order valence-electron chi connectivity index (χ2n) is 5.53. The minimum atomic E-state index is 0.0665. The summed E-state index contributed by atoms with van der Waals surface area (Å²) in [5.41, 5.74) is 5.84. The summed E-state index contributed by atoms with van der Waals surface area (Å²) in [5.74, 6) is 1.45. The monoisotopic (exact) mass is 345 g/mol. The number of methoxy groups -OCH3 is 1. The highest BCUT2D eigenvalue weighted by molar-refractivity contribution is 7.13. The maximum atomic E-state index is 5.91. The lowest BCUT2D eigenvalue weighted by Gasteiger charge is -2.17. The van der Waals surface area contributed by atoms with Crippen molar-refractivity contribution >= 4 is 22.7 Å². The number of hydrogen-bond donors (Lipinski definition) is 1. The highest BCUT2D eigenvalue weighted by atomic mass is 32.1. The SMILES string of the molecule is C=CCc1cc(C=NNc2nc(C)cs2)cc(OC)c1OC(C)C. The third kappa shape index (κ3) is 4.83. The number of thiazole rings is 1. The van der Waals surface area contributed by atoms with Crippen LogP contribution in [-0.4, -0.2) is 24.4 Å². The summed E-state index contributed by atoms with van der Waals surface area (Å²) in [5, 5.41) is 6.98. The lowest BCUT2D eigenvalue weighted by atomic mass is 10.1. The highest BCUT2D eigenvalue weighted by Gasteiger charge is 2.13. The van der Waals surface area contributed by atoms with Gasteiger partial charge in [0, 0.05) is 10.9 Å². The summed E-state index contributed by atoms with van der Waals surface area (Å²) in [6.07, 6.45) is 4.35. The van der Waals surface area contributed by atoms with Crippen LogP contribution in [0.2, 0.25) is 0 Å². The molecule has 1 aromatic heterocycles. The normalized spacial score (nSPS) is 11.0. The van der Waals surface area contributed by atoms with Crippen LogP contribution < -0.4 is 14.9 Å². The van der Waals surface area contributed by atoms with Crippen molar-refractivity contribution in [3.8, 4) is 11.5 Å². The Kier molecular flexibility index (Phi) is 6.37. The maximum Gasteiger partial charge on any atom is 0.203 e. The van der Waals surface area contributed by atoms with E-state index in [4.69, 9.17) is 9.47 Å². The van der Waals surface area contributed by atoms with Gasteiger partial charge in [0.1, 0.15) is 0 Å². The van der Waals surface area contributed by atoms with E-state index in [0.717, 1.165) is 27.7 Å². The molecule has 0 fully saturated rings. The van der Waals surface area contributed by atoms with Gasteiger partial charge in [0.15, 0.2) is 11.5 Å². The number of rotatable bonds is 8. The van der Waals surface area contributed by atoms with Gasteiger partial charge in [-0.3, -0.25) is 5.43 Å². The molecule has 128 valence electrons. The predicted octanol–water partition coefficient (Wildman–Crippen LogP) is 4.42. The van der Waals surface area contributed by atoms with Gasteiger partial charge in [-0.25, -0.2) is 4.98 Å². The first kappa shape index (κ1) is 18.0. The topological polar surface area (TPSA) is 55.7 Å². The Labute approximate surface area is 147 Å². The van der Waals surface area contributed by atoms with Crippen LogP contribution >= 0.6 is 11.3 Å². The second kappa shape index (κ2) is 8.49. The molecule has 0 unspecified atom stereocenters. The predicted molar refractivity (Wildman–Crippen MR) is 101 cm³/mol. The molecule has 0 radical (unpaired) electrons. The van der Waals surface area contributed by atoms with Crippen molar-refractivity contribution in [2.24, 2.45) is 5.10 Å². The number of hydrazone groups is 1. The molecular formula is C18H23N3O2S. The summed E-state index contributed by atoms with van der Waals surface area (Å²) in [6.45, 7) is 9.75. The van der Waals surface area contributed by atoms with E-state index in [1.807, 2.05) is 44.4 Å². The molecule has 6 heteroatoms. The van der Waals surface area contributed by atoms with Crippen molar-refractivity contribution in [2.75, 3.05) is 12.5 Å². The molecule has 0 amide bonds. The van der Waals surface area contributed by atoms with Gasteiger partial charge in [-0.05, 0) is 44.9 Å². The van der Waals surface area contributed by atoms with Crippen molar-refractivity contribution in [2.45, 2.75) is 33.3 Å². The van der Waals surface area contributed by atoms with Gasteiger partial charge in [0.05, 0.1) is 25.1 Å². The van der Waals surface area contributed by atoms with Gasteiger partial charge in [-0.2, -0.15) is 5.10 Å². The minimum Gasteiger partial charge on any atom is -0.493 e. The molecule has 1 aromatic carbocycles. The molecule has 2 aromatic rings. The molecule has 0 aliphatic carbocycles. The van der Waals surface area contributed by atoms with E-state index in [1.165, 1.54) is 11.3 Å². The molecular weight excluding hydrogens is 322 g/mol. The first-order valence-electron chi connectivity index (χ1n) is 7.73. The molecule has 1 N–H and O–H groups in total. The van der Waals surface area contributed by atoms with E-state index in [0.29, 0.717) is 12.2 Å². The van der Waals surface area contributed by atoms with Crippen LogP contribution in [0.15, 0.2) is 35.3 Å². The van der Waals surface area contributed by atoms with Crippen molar-refractivity contribution in [3.05, 3.63) is 47.0 Å². The fourth-order valence-corrected chi connectivity index (χ4v) is 2.79. The minimum absolute atomic E-state index is 0.0665.